The second kappa shape index (κ2) is 6.57. The summed E-state index contributed by atoms with van der Waals surface area (Å²) in [5.41, 5.74) is 3.20. The summed E-state index contributed by atoms with van der Waals surface area (Å²) in [7, 11) is 4.10. The van der Waals surface area contributed by atoms with Crippen molar-refractivity contribution >= 4 is 28.7 Å². The van der Waals surface area contributed by atoms with Gasteiger partial charge in [-0.3, -0.25) is 0 Å². The van der Waals surface area contributed by atoms with E-state index in [1.807, 2.05) is 30.8 Å². The Labute approximate surface area is 175 Å². The van der Waals surface area contributed by atoms with Crippen LogP contribution in [-0.2, 0) is 7.05 Å². The quantitative estimate of drug-likeness (QED) is 0.696. The van der Waals surface area contributed by atoms with Gasteiger partial charge in [0.15, 0.2) is 11.3 Å². The number of likely N-dealkylation sites (tertiary alicyclic amines) is 1. The molecule has 0 amide bonds. The Hall–Kier alpha value is -2.38. The number of phenols is 1. The van der Waals surface area contributed by atoms with Crippen LogP contribution in [0.5, 0.6) is 5.75 Å². The molecule has 0 bridgehead atoms. The van der Waals surface area contributed by atoms with Gasteiger partial charge in [0.2, 0.25) is 0 Å². The van der Waals surface area contributed by atoms with E-state index in [9.17, 15) is 5.11 Å². The number of nitrogens with zero attached hydrogens (tertiary/aromatic N) is 6. The van der Waals surface area contributed by atoms with E-state index in [1.165, 1.54) is 25.5 Å². The highest BCUT2D eigenvalue weighted by molar-refractivity contribution is 6.31. The fourth-order valence-corrected chi connectivity index (χ4v) is 5.23. The standard InChI is InChI=1S/C21H25ClN6O/c1-13-8-14(22)9-15(29)17(13)19-25-18-20(27(19)3)23-10-16(24-18)28-7-5-21(12-28)4-6-26(2)11-21/h8-10,29H,4-7,11-12H2,1-3H3. The Kier molecular flexibility index (Phi) is 4.22. The molecule has 8 heteroatoms. The lowest BCUT2D eigenvalue weighted by molar-refractivity contribution is 0.312. The molecule has 2 aliphatic rings. The normalized spacial score (nSPS) is 22.4. The smallest absolute Gasteiger partial charge is 0.200 e. The average Bonchev–Trinajstić information content (AvgIpc) is 3.33. The van der Waals surface area contributed by atoms with Crippen molar-refractivity contribution in [1.82, 2.24) is 24.4 Å². The largest absolute Gasteiger partial charge is 0.507 e. The molecule has 2 saturated heterocycles. The van der Waals surface area contributed by atoms with E-state index in [1.54, 1.807) is 0 Å². The summed E-state index contributed by atoms with van der Waals surface area (Å²) < 4.78 is 1.87. The van der Waals surface area contributed by atoms with Gasteiger partial charge >= 0.3 is 0 Å². The molecule has 1 atom stereocenters. The van der Waals surface area contributed by atoms with Gasteiger partial charge in [-0.2, -0.15) is 0 Å². The van der Waals surface area contributed by atoms with E-state index in [-0.39, 0.29) is 5.75 Å². The first-order valence-corrected chi connectivity index (χ1v) is 10.4. The number of aromatic hydroxyl groups is 1. The number of hydrogen-bond donors (Lipinski definition) is 1. The van der Waals surface area contributed by atoms with Gasteiger partial charge in [0.1, 0.15) is 17.4 Å². The molecule has 2 fully saturated rings. The van der Waals surface area contributed by atoms with Crippen LogP contribution in [-0.4, -0.2) is 62.8 Å². The summed E-state index contributed by atoms with van der Waals surface area (Å²) in [5.74, 6) is 1.63. The first-order valence-electron chi connectivity index (χ1n) is 9.98. The number of hydrogen-bond acceptors (Lipinski definition) is 6. The van der Waals surface area contributed by atoms with Gasteiger partial charge in [-0.1, -0.05) is 11.6 Å². The van der Waals surface area contributed by atoms with Crippen molar-refractivity contribution in [2.45, 2.75) is 19.8 Å². The average molecular weight is 413 g/mol. The van der Waals surface area contributed by atoms with Gasteiger partial charge in [0, 0.05) is 37.1 Å². The van der Waals surface area contributed by atoms with E-state index < -0.39 is 0 Å². The molecule has 152 valence electrons. The second-order valence-electron chi connectivity index (χ2n) is 8.65. The van der Waals surface area contributed by atoms with Crippen LogP contribution < -0.4 is 4.90 Å². The number of halogens is 1. The third-order valence-corrected chi connectivity index (χ3v) is 6.68. The van der Waals surface area contributed by atoms with E-state index in [0.29, 0.717) is 33.1 Å². The van der Waals surface area contributed by atoms with Gasteiger partial charge in [0.25, 0.3) is 0 Å². The lowest BCUT2D eigenvalue weighted by Gasteiger charge is -2.24. The van der Waals surface area contributed by atoms with E-state index in [0.717, 1.165) is 31.0 Å². The zero-order valence-electron chi connectivity index (χ0n) is 17.0. The maximum absolute atomic E-state index is 10.5. The molecular weight excluding hydrogens is 388 g/mol. The Morgan fingerprint density at radius 2 is 1.90 bits per heavy atom. The van der Waals surface area contributed by atoms with Crippen LogP contribution in [0.2, 0.25) is 5.02 Å². The third-order valence-electron chi connectivity index (χ3n) is 6.46. The summed E-state index contributed by atoms with van der Waals surface area (Å²) in [6, 6.07) is 3.36. The number of anilines is 1. The number of benzene rings is 1. The minimum absolute atomic E-state index is 0.112. The highest BCUT2D eigenvalue weighted by Gasteiger charge is 2.42. The van der Waals surface area contributed by atoms with Crippen molar-refractivity contribution in [3.8, 4) is 17.1 Å². The predicted molar refractivity (Wildman–Crippen MR) is 115 cm³/mol. The van der Waals surface area contributed by atoms with E-state index in [2.05, 4.69) is 21.8 Å². The summed E-state index contributed by atoms with van der Waals surface area (Å²) in [6.07, 6.45) is 4.29. The SMILES string of the molecule is Cc1cc(Cl)cc(O)c1-c1nc2nc(N3CCC4(CCN(C)C4)C3)cnc2n1C. The van der Waals surface area contributed by atoms with Crippen LogP contribution >= 0.6 is 11.6 Å². The third kappa shape index (κ3) is 3.04. The van der Waals surface area contributed by atoms with Gasteiger partial charge in [0.05, 0.1) is 11.8 Å². The number of phenolic OH excluding ortho intramolecular Hbond substituents is 1. The monoisotopic (exact) mass is 412 g/mol. The molecule has 7 nitrogen and oxygen atoms in total. The summed E-state index contributed by atoms with van der Waals surface area (Å²) in [5, 5.41) is 11.0. The maximum Gasteiger partial charge on any atom is 0.200 e. The fraction of sp³-hybridized carbons (Fsp3) is 0.476. The Bertz CT molecular complexity index is 1090. The predicted octanol–water partition coefficient (Wildman–Crippen LogP) is 3.23. The number of rotatable bonds is 2. The molecule has 0 saturated carbocycles. The minimum Gasteiger partial charge on any atom is -0.507 e. The van der Waals surface area contributed by atoms with Crippen molar-refractivity contribution in [2.75, 3.05) is 38.1 Å². The lowest BCUT2D eigenvalue weighted by Crippen LogP contribution is -2.30. The summed E-state index contributed by atoms with van der Waals surface area (Å²) in [6.45, 7) is 6.27. The number of imidazole rings is 1. The molecule has 29 heavy (non-hydrogen) atoms. The zero-order valence-corrected chi connectivity index (χ0v) is 17.7. The van der Waals surface area contributed by atoms with Crippen molar-refractivity contribution < 1.29 is 5.11 Å². The molecule has 2 aliphatic heterocycles. The number of aromatic nitrogens is 4. The number of fused-ring (bicyclic) bond motifs is 1. The van der Waals surface area contributed by atoms with Crippen LogP contribution in [0.3, 0.4) is 0 Å². The van der Waals surface area contributed by atoms with Crippen LogP contribution in [0.15, 0.2) is 18.3 Å². The minimum atomic E-state index is 0.112. The van der Waals surface area contributed by atoms with E-state index in [4.69, 9.17) is 21.6 Å². The Morgan fingerprint density at radius 3 is 2.62 bits per heavy atom. The highest BCUT2D eigenvalue weighted by Crippen LogP contribution is 2.40. The second-order valence-corrected chi connectivity index (χ2v) is 9.08. The van der Waals surface area contributed by atoms with Crippen LogP contribution in [0.25, 0.3) is 22.7 Å². The summed E-state index contributed by atoms with van der Waals surface area (Å²) >= 11 is 6.06. The van der Waals surface area contributed by atoms with Crippen LogP contribution in [0.4, 0.5) is 5.82 Å². The highest BCUT2D eigenvalue weighted by atomic mass is 35.5. The maximum atomic E-state index is 10.5. The molecule has 1 N–H and O–H groups in total. The molecule has 0 aliphatic carbocycles. The molecule has 1 aromatic carbocycles. The van der Waals surface area contributed by atoms with Gasteiger partial charge in [-0.25, -0.2) is 15.0 Å². The molecular formula is C21H25ClN6O. The molecule has 2 aromatic heterocycles. The first kappa shape index (κ1) is 18.6. The molecule has 3 aromatic rings. The van der Waals surface area contributed by atoms with Crippen LogP contribution in [0.1, 0.15) is 18.4 Å². The number of aryl methyl sites for hydroxylation is 2. The van der Waals surface area contributed by atoms with E-state index >= 15 is 0 Å². The molecule has 5 rings (SSSR count). The Balaban J connectivity index is 1.51. The van der Waals surface area contributed by atoms with Crippen molar-refractivity contribution in [1.29, 1.82) is 0 Å². The topological polar surface area (TPSA) is 70.3 Å². The first-order chi connectivity index (χ1) is 13.8. The molecule has 0 radical (unpaired) electrons. The van der Waals surface area contributed by atoms with Gasteiger partial charge in [-0.05, 0) is 51.1 Å². The van der Waals surface area contributed by atoms with Crippen LogP contribution in [0, 0.1) is 12.3 Å². The fourth-order valence-electron chi connectivity index (χ4n) is 4.97. The lowest BCUT2D eigenvalue weighted by atomic mass is 9.86. The van der Waals surface area contributed by atoms with Crippen molar-refractivity contribution in [3.05, 3.63) is 28.9 Å². The molecule has 1 spiro atoms. The molecule has 1 unspecified atom stereocenters. The van der Waals surface area contributed by atoms with Crippen molar-refractivity contribution in [2.24, 2.45) is 12.5 Å². The van der Waals surface area contributed by atoms with Gasteiger partial charge < -0.3 is 19.5 Å². The van der Waals surface area contributed by atoms with Crippen molar-refractivity contribution in [3.63, 3.8) is 0 Å². The zero-order chi connectivity index (χ0) is 20.3. The summed E-state index contributed by atoms with van der Waals surface area (Å²) in [4.78, 5) is 19.0. The Morgan fingerprint density at radius 1 is 1.10 bits per heavy atom. The van der Waals surface area contributed by atoms with Gasteiger partial charge in [-0.15, -0.1) is 0 Å². The molecule has 4 heterocycles.